The zero-order chi connectivity index (χ0) is 14.3. The molecule has 0 aliphatic rings. The van der Waals surface area contributed by atoms with Crippen molar-refractivity contribution in [3.05, 3.63) is 18.2 Å². The number of aryl methyl sites for hydroxylation is 1. The predicted octanol–water partition coefficient (Wildman–Crippen LogP) is -0.355. The van der Waals surface area contributed by atoms with Crippen molar-refractivity contribution in [1.82, 2.24) is 14.5 Å². The molecule has 0 aliphatic carbocycles. The van der Waals surface area contributed by atoms with Gasteiger partial charge in [-0.25, -0.2) is 4.98 Å². The quantitative estimate of drug-likeness (QED) is 0.304. The van der Waals surface area contributed by atoms with Gasteiger partial charge >= 0.3 is 0 Å². The lowest BCUT2D eigenvalue weighted by Gasteiger charge is -2.22. The second-order valence-corrected chi connectivity index (χ2v) is 4.02. The first kappa shape index (κ1) is 15.0. The molecule has 1 amide bonds. The Morgan fingerprint density at radius 3 is 2.89 bits per heavy atom. The summed E-state index contributed by atoms with van der Waals surface area (Å²) >= 11 is 0. The van der Waals surface area contributed by atoms with Gasteiger partial charge in [0.15, 0.2) is 0 Å². The van der Waals surface area contributed by atoms with Crippen molar-refractivity contribution >= 4 is 11.7 Å². The molecule has 3 N–H and O–H groups in total. The number of nitrogens with two attached hydrogens (primary N) is 1. The summed E-state index contributed by atoms with van der Waals surface area (Å²) in [5, 5.41) is 11.4. The van der Waals surface area contributed by atoms with E-state index in [-0.39, 0.29) is 11.7 Å². The lowest BCUT2D eigenvalue weighted by Crippen LogP contribution is -2.37. The molecular weight excluding hydrogens is 250 g/mol. The van der Waals surface area contributed by atoms with Gasteiger partial charge in [0.1, 0.15) is 11.5 Å². The topological polar surface area (TPSA) is 106 Å². The summed E-state index contributed by atoms with van der Waals surface area (Å²) in [7, 11) is 3.31. The van der Waals surface area contributed by atoms with Crippen LogP contribution < -0.4 is 5.73 Å². The summed E-state index contributed by atoms with van der Waals surface area (Å²) in [5.41, 5.74) is 5.89. The number of oxime groups is 1. The van der Waals surface area contributed by atoms with E-state index in [0.717, 1.165) is 0 Å². The van der Waals surface area contributed by atoms with Crippen LogP contribution in [0.3, 0.4) is 0 Å². The molecule has 0 aliphatic heterocycles. The van der Waals surface area contributed by atoms with E-state index < -0.39 is 0 Å². The van der Waals surface area contributed by atoms with Crippen LogP contribution in [0.25, 0.3) is 0 Å². The predicted molar refractivity (Wildman–Crippen MR) is 69.0 cm³/mol. The first-order chi connectivity index (χ1) is 9.10. The summed E-state index contributed by atoms with van der Waals surface area (Å²) < 4.78 is 6.62. The Balaban J connectivity index is 2.73. The fourth-order valence-corrected chi connectivity index (χ4v) is 1.54. The number of imidazole rings is 1. The minimum Gasteiger partial charge on any atom is -0.409 e. The van der Waals surface area contributed by atoms with E-state index in [2.05, 4.69) is 10.1 Å². The van der Waals surface area contributed by atoms with Crippen LogP contribution in [-0.4, -0.2) is 58.2 Å². The molecule has 0 spiro atoms. The maximum atomic E-state index is 12.3. The van der Waals surface area contributed by atoms with E-state index >= 15 is 0 Å². The normalized spacial score (nSPS) is 11.6. The van der Waals surface area contributed by atoms with Gasteiger partial charge in [0.25, 0.3) is 5.91 Å². The molecule has 0 unspecified atom stereocenters. The highest BCUT2D eigenvalue weighted by atomic mass is 16.5. The molecule has 0 saturated heterocycles. The number of rotatable bonds is 7. The van der Waals surface area contributed by atoms with Crippen molar-refractivity contribution in [2.45, 2.75) is 6.42 Å². The first-order valence-electron chi connectivity index (χ1n) is 5.81. The summed E-state index contributed by atoms with van der Waals surface area (Å²) in [4.78, 5) is 17.8. The molecule has 8 nitrogen and oxygen atoms in total. The van der Waals surface area contributed by atoms with Gasteiger partial charge in [0.05, 0.1) is 19.1 Å². The van der Waals surface area contributed by atoms with Crippen molar-refractivity contribution in [2.24, 2.45) is 17.9 Å². The van der Waals surface area contributed by atoms with Gasteiger partial charge in [-0.1, -0.05) is 5.16 Å². The Morgan fingerprint density at radius 1 is 1.63 bits per heavy atom. The van der Waals surface area contributed by atoms with Gasteiger partial charge in [-0.15, -0.1) is 0 Å². The number of amides is 1. The molecule has 0 bridgehead atoms. The van der Waals surface area contributed by atoms with Crippen LogP contribution in [0, 0.1) is 0 Å². The number of methoxy groups -OCH3 is 1. The maximum absolute atomic E-state index is 12.3. The number of carbonyl (C=O) groups excluding carboxylic acids is 1. The van der Waals surface area contributed by atoms with Crippen LogP contribution in [-0.2, 0) is 11.8 Å². The Labute approximate surface area is 111 Å². The average molecular weight is 269 g/mol. The number of aromatic nitrogens is 2. The number of nitrogens with zero attached hydrogens (tertiary/aromatic N) is 4. The van der Waals surface area contributed by atoms with Crippen LogP contribution in [0.4, 0.5) is 0 Å². The fourth-order valence-electron chi connectivity index (χ4n) is 1.54. The van der Waals surface area contributed by atoms with E-state index in [1.54, 1.807) is 30.0 Å². The summed E-state index contributed by atoms with van der Waals surface area (Å²) in [6.07, 6.45) is 3.36. The number of hydrogen-bond acceptors (Lipinski definition) is 5. The molecule has 0 fully saturated rings. The van der Waals surface area contributed by atoms with E-state index in [1.807, 2.05) is 0 Å². The third-order valence-electron chi connectivity index (χ3n) is 2.65. The molecule has 0 atom stereocenters. The summed E-state index contributed by atoms with van der Waals surface area (Å²) in [5.74, 6) is -0.0805. The fraction of sp³-hybridized carbons (Fsp3) is 0.545. The minimum absolute atomic E-state index is 0.0835. The lowest BCUT2D eigenvalue weighted by molar-refractivity contribution is 0.0691. The first-order valence-corrected chi connectivity index (χ1v) is 5.81. The minimum atomic E-state index is -0.164. The molecule has 106 valence electrons. The lowest BCUT2D eigenvalue weighted by atomic mass is 10.3. The Hall–Kier alpha value is -2.09. The molecule has 1 rings (SSSR count). The summed E-state index contributed by atoms with van der Waals surface area (Å²) in [6.45, 7) is 1.20. The summed E-state index contributed by atoms with van der Waals surface area (Å²) in [6, 6.07) is 0. The molecular formula is C11H19N5O3. The molecule has 0 saturated carbocycles. The second kappa shape index (κ2) is 7.37. The van der Waals surface area contributed by atoms with Gasteiger partial charge in [0.2, 0.25) is 0 Å². The number of carbonyl (C=O) groups is 1. The van der Waals surface area contributed by atoms with E-state index in [1.165, 1.54) is 6.20 Å². The zero-order valence-electron chi connectivity index (χ0n) is 11.1. The molecule has 1 aromatic heterocycles. The van der Waals surface area contributed by atoms with Gasteiger partial charge in [-0.3, -0.25) is 4.79 Å². The Kier molecular flexibility index (Phi) is 5.80. The SMILES string of the molecule is COCCN(CCC(N)=NO)C(=O)c1cncn1C. The number of amidine groups is 1. The van der Waals surface area contributed by atoms with E-state index in [9.17, 15) is 4.79 Å². The van der Waals surface area contributed by atoms with Crippen LogP contribution in [0.5, 0.6) is 0 Å². The Morgan fingerprint density at radius 2 is 2.37 bits per heavy atom. The number of hydrogen-bond donors (Lipinski definition) is 2. The van der Waals surface area contributed by atoms with E-state index in [4.69, 9.17) is 15.7 Å². The monoisotopic (exact) mass is 269 g/mol. The highest BCUT2D eigenvalue weighted by Crippen LogP contribution is 2.04. The van der Waals surface area contributed by atoms with Gasteiger partial charge < -0.3 is 25.1 Å². The van der Waals surface area contributed by atoms with Crippen LogP contribution in [0.15, 0.2) is 17.7 Å². The highest BCUT2D eigenvalue weighted by Gasteiger charge is 2.18. The van der Waals surface area contributed by atoms with Crippen LogP contribution in [0.1, 0.15) is 16.9 Å². The average Bonchev–Trinajstić information content (AvgIpc) is 2.84. The van der Waals surface area contributed by atoms with Crippen molar-refractivity contribution in [2.75, 3.05) is 26.8 Å². The third kappa shape index (κ3) is 4.25. The zero-order valence-corrected chi connectivity index (χ0v) is 11.1. The van der Waals surface area contributed by atoms with Crippen molar-refractivity contribution < 1.29 is 14.7 Å². The molecule has 0 aromatic carbocycles. The highest BCUT2D eigenvalue weighted by molar-refractivity contribution is 5.92. The van der Waals surface area contributed by atoms with Crippen LogP contribution in [0.2, 0.25) is 0 Å². The smallest absolute Gasteiger partial charge is 0.272 e. The molecule has 19 heavy (non-hydrogen) atoms. The molecule has 0 radical (unpaired) electrons. The van der Waals surface area contributed by atoms with Crippen molar-refractivity contribution in [1.29, 1.82) is 0 Å². The molecule has 1 aromatic rings. The van der Waals surface area contributed by atoms with E-state index in [0.29, 0.717) is 31.8 Å². The second-order valence-electron chi connectivity index (χ2n) is 4.02. The van der Waals surface area contributed by atoms with Gasteiger partial charge in [-0.05, 0) is 0 Å². The molecule has 1 heterocycles. The maximum Gasteiger partial charge on any atom is 0.272 e. The van der Waals surface area contributed by atoms with Crippen LogP contribution >= 0.6 is 0 Å². The standard InChI is InChI=1S/C11H19N5O3/c1-15-8-13-7-9(15)11(17)16(5-6-19-2)4-3-10(12)14-18/h7-8,18H,3-6H2,1-2H3,(H2,12,14). The van der Waals surface area contributed by atoms with Crippen molar-refractivity contribution in [3.8, 4) is 0 Å². The third-order valence-corrected chi connectivity index (χ3v) is 2.65. The number of ether oxygens (including phenoxy) is 1. The van der Waals surface area contributed by atoms with Gasteiger partial charge in [0, 0.05) is 33.7 Å². The molecule has 8 heteroatoms. The van der Waals surface area contributed by atoms with Crippen molar-refractivity contribution in [3.63, 3.8) is 0 Å². The Bertz CT molecular complexity index is 443. The van der Waals surface area contributed by atoms with Gasteiger partial charge in [-0.2, -0.15) is 0 Å². The largest absolute Gasteiger partial charge is 0.409 e.